The Bertz CT molecular complexity index is 653. The summed E-state index contributed by atoms with van der Waals surface area (Å²) in [6, 6.07) is 5.99. The molecule has 0 aliphatic carbocycles. The Labute approximate surface area is 112 Å². The molecule has 0 aliphatic heterocycles. The number of rotatable bonds is 4. The van der Waals surface area contributed by atoms with Crippen molar-refractivity contribution in [2.75, 3.05) is 0 Å². The lowest BCUT2D eigenvalue weighted by molar-refractivity contribution is -0.706. The van der Waals surface area contributed by atoms with Crippen molar-refractivity contribution in [3.63, 3.8) is 0 Å². The number of hydrogen-bond donors (Lipinski definition) is 0. The quantitative estimate of drug-likeness (QED) is 0.619. The largest absolute Gasteiger partial charge is 0.257 e. The van der Waals surface area contributed by atoms with E-state index >= 15 is 0 Å². The minimum Gasteiger partial charge on any atom is -0.257 e. The normalized spacial score (nSPS) is 10.8. The Morgan fingerprint density at radius 3 is 2.74 bits per heavy atom. The second-order valence-corrected chi connectivity index (χ2v) is 4.66. The molecule has 96 valence electrons. The van der Waals surface area contributed by atoms with Crippen LogP contribution in [0.2, 0.25) is 0 Å². The van der Waals surface area contributed by atoms with Crippen molar-refractivity contribution in [3.05, 3.63) is 67.5 Å². The van der Waals surface area contributed by atoms with Gasteiger partial charge in [-0.25, -0.2) is 9.13 Å². The summed E-state index contributed by atoms with van der Waals surface area (Å²) in [5, 5.41) is 0. The van der Waals surface area contributed by atoms with Crippen molar-refractivity contribution in [2.45, 2.75) is 13.2 Å². The van der Waals surface area contributed by atoms with Gasteiger partial charge in [-0.1, -0.05) is 6.07 Å². The molecular formula is C14H17N5+2. The van der Waals surface area contributed by atoms with Crippen molar-refractivity contribution in [1.29, 1.82) is 0 Å². The van der Waals surface area contributed by atoms with Crippen LogP contribution in [0.25, 0.3) is 0 Å². The summed E-state index contributed by atoms with van der Waals surface area (Å²) in [7, 11) is 2.02. The Morgan fingerprint density at radius 2 is 2.00 bits per heavy atom. The van der Waals surface area contributed by atoms with Gasteiger partial charge in [-0.3, -0.25) is 4.98 Å². The Kier molecular flexibility index (Phi) is 3.10. The lowest BCUT2D eigenvalue weighted by atomic mass is 10.3. The highest BCUT2D eigenvalue weighted by atomic mass is 15.2. The molecule has 5 heteroatoms. The monoisotopic (exact) mass is 255 g/mol. The Balaban J connectivity index is 1.69. The van der Waals surface area contributed by atoms with Crippen LogP contribution in [-0.4, -0.2) is 14.1 Å². The third-order valence-electron chi connectivity index (χ3n) is 2.97. The van der Waals surface area contributed by atoms with Gasteiger partial charge in [-0.2, -0.15) is 9.13 Å². The second kappa shape index (κ2) is 5.06. The van der Waals surface area contributed by atoms with Gasteiger partial charge in [0, 0.05) is 6.20 Å². The predicted octanol–water partition coefficient (Wildman–Crippen LogP) is 0.351. The van der Waals surface area contributed by atoms with E-state index in [9.17, 15) is 0 Å². The molecule has 0 amide bonds. The van der Waals surface area contributed by atoms with Crippen LogP contribution in [0.5, 0.6) is 0 Å². The summed E-state index contributed by atoms with van der Waals surface area (Å²) < 4.78 is 8.44. The van der Waals surface area contributed by atoms with Crippen molar-refractivity contribution >= 4 is 0 Å². The van der Waals surface area contributed by atoms with Crippen LogP contribution in [0.4, 0.5) is 0 Å². The first-order chi connectivity index (χ1) is 9.29. The SMILES string of the molecule is C[n+]1ccn(C[n+]2ccn(Cc3ccccn3)c2)c1. The smallest absolute Gasteiger partial charge is 0.247 e. The fourth-order valence-electron chi connectivity index (χ4n) is 2.07. The molecule has 3 rings (SSSR count). The van der Waals surface area contributed by atoms with Crippen LogP contribution < -0.4 is 9.13 Å². The molecule has 5 nitrogen and oxygen atoms in total. The van der Waals surface area contributed by atoms with E-state index in [4.69, 9.17) is 0 Å². The van der Waals surface area contributed by atoms with E-state index in [0.29, 0.717) is 0 Å². The molecule has 0 spiro atoms. The van der Waals surface area contributed by atoms with Gasteiger partial charge >= 0.3 is 0 Å². The Hall–Kier alpha value is -2.43. The van der Waals surface area contributed by atoms with E-state index < -0.39 is 0 Å². The zero-order valence-corrected chi connectivity index (χ0v) is 10.9. The third-order valence-corrected chi connectivity index (χ3v) is 2.97. The number of imidazole rings is 2. The zero-order chi connectivity index (χ0) is 13.1. The topological polar surface area (TPSA) is 30.5 Å². The molecule has 0 N–H and O–H groups in total. The van der Waals surface area contributed by atoms with Gasteiger partial charge in [0.05, 0.1) is 12.7 Å². The molecule has 0 unspecified atom stereocenters. The van der Waals surface area contributed by atoms with Gasteiger partial charge in [0.25, 0.3) is 0 Å². The summed E-state index contributed by atoms with van der Waals surface area (Å²) in [4.78, 5) is 4.33. The Morgan fingerprint density at radius 1 is 1.11 bits per heavy atom. The van der Waals surface area contributed by atoms with E-state index in [0.717, 1.165) is 18.9 Å². The van der Waals surface area contributed by atoms with Crippen LogP contribution >= 0.6 is 0 Å². The van der Waals surface area contributed by atoms with Crippen molar-refractivity contribution in [2.24, 2.45) is 7.05 Å². The summed E-state index contributed by atoms with van der Waals surface area (Å²) in [6.07, 6.45) is 14.2. The average Bonchev–Trinajstić information content (AvgIpc) is 3.01. The number of nitrogens with zero attached hydrogens (tertiary/aromatic N) is 5. The molecule has 19 heavy (non-hydrogen) atoms. The first kappa shape index (κ1) is 11.6. The van der Waals surface area contributed by atoms with Gasteiger partial charge in [-0.05, 0) is 12.1 Å². The van der Waals surface area contributed by atoms with Crippen LogP contribution in [0.3, 0.4) is 0 Å². The lowest BCUT2D eigenvalue weighted by Crippen LogP contribution is -2.35. The van der Waals surface area contributed by atoms with Crippen LogP contribution in [-0.2, 0) is 20.3 Å². The summed E-state index contributed by atoms with van der Waals surface area (Å²) in [6.45, 7) is 1.61. The molecule has 3 aromatic heterocycles. The number of aryl methyl sites for hydroxylation is 1. The minimum atomic E-state index is 0.799. The minimum absolute atomic E-state index is 0.799. The summed E-state index contributed by atoms with van der Waals surface area (Å²) >= 11 is 0. The molecule has 3 heterocycles. The molecular weight excluding hydrogens is 238 g/mol. The molecule has 0 aliphatic rings. The third kappa shape index (κ3) is 2.88. The fraction of sp³-hybridized carbons (Fsp3) is 0.214. The maximum atomic E-state index is 4.33. The zero-order valence-electron chi connectivity index (χ0n) is 10.9. The highest BCUT2D eigenvalue weighted by Gasteiger charge is 2.08. The van der Waals surface area contributed by atoms with E-state index in [-0.39, 0.29) is 0 Å². The molecule has 0 fully saturated rings. The van der Waals surface area contributed by atoms with Crippen LogP contribution in [0.15, 0.2) is 61.8 Å². The molecule has 0 radical (unpaired) electrons. The highest BCUT2D eigenvalue weighted by Crippen LogP contribution is 1.97. The highest BCUT2D eigenvalue weighted by molar-refractivity contribution is 5.03. The molecule has 0 saturated heterocycles. The standard InChI is InChI=1S/C14H17N5/c1-16-6-7-18(11-16)13-19-9-8-17(12-19)10-14-4-2-3-5-15-14/h2-9,11-12H,10,13H2,1H3/q+2. The molecule has 3 aromatic rings. The van der Waals surface area contributed by atoms with Crippen LogP contribution in [0, 0.1) is 0 Å². The van der Waals surface area contributed by atoms with E-state index in [1.54, 1.807) is 0 Å². The molecule has 0 saturated carbocycles. The number of pyridine rings is 1. The first-order valence-corrected chi connectivity index (χ1v) is 6.25. The van der Waals surface area contributed by atoms with Gasteiger partial charge in [0.2, 0.25) is 19.3 Å². The van der Waals surface area contributed by atoms with Gasteiger partial charge < -0.3 is 0 Å². The summed E-state index contributed by atoms with van der Waals surface area (Å²) in [5.74, 6) is 0. The molecule has 0 bridgehead atoms. The second-order valence-electron chi connectivity index (χ2n) is 4.66. The van der Waals surface area contributed by atoms with Gasteiger partial charge in [0.1, 0.15) is 31.3 Å². The fourth-order valence-corrected chi connectivity index (χ4v) is 2.07. The molecule has 0 aromatic carbocycles. The van der Waals surface area contributed by atoms with E-state index in [1.807, 2.05) is 42.2 Å². The lowest BCUT2D eigenvalue weighted by Gasteiger charge is -1.95. The van der Waals surface area contributed by atoms with E-state index in [1.165, 1.54) is 0 Å². The predicted molar refractivity (Wildman–Crippen MR) is 69.0 cm³/mol. The average molecular weight is 255 g/mol. The first-order valence-electron chi connectivity index (χ1n) is 6.25. The number of hydrogen-bond acceptors (Lipinski definition) is 1. The maximum absolute atomic E-state index is 4.33. The number of aromatic nitrogens is 5. The van der Waals surface area contributed by atoms with Crippen molar-refractivity contribution in [3.8, 4) is 0 Å². The van der Waals surface area contributed by atoms with Crippen molar-refractivity contribution < 1.29 is 9.13 Å². The van der Waals surface area contributed by atoms with Crippen molar-refractivity contribution in [1.82, 2.24) is 14.1 Å². The van der Waals surface area contributed by atoms with E-state index in [2.05, 4.69) is 49.9 Å². The maximum Gasteiger partial charge on any atom is 0.247 e. The van der Waals surface area contributed by atoms with Gasteiger partial charge in [-0.15, -0.1) is 0 Å². The summed E-state index contributed by atoms with van der Waals surface area (Å²) in [5.41, 5.74) is 1.07. The van der Waals surface area contributed by atoms with Gasteiger partial charge in [0.15, 0.2) is 0 Å². The van der Waals surface area contributed by atoms with Crippen LogP contribution in [0.1, 0.15) is 5.69 Å². The molecule has 0 atom stereocenters.